The van der Waals surface area contributed by atoms with E-state index in [0.29, 0.717) is 12.0 Å². The van der Waals surface area contributed by atoms with Crippen LogP contribution in [-0.4, -0.2) is 29.0 Å². The molecule has 2 aliphatic heterocycles. The Morgan fingerprint density at radius 3 is 2.48 bits per heavy atom. The molecule has 1 amide bonds. The molecule has 0 saturated carbocycles. The summed E-state index contributed by atoms with van der Waals surface area (Å²) in [5, 5.41) is 0. The third-order valence-electron chi connectivity index (χ3n) is 4.12. The number of nitrogens with zero attached hydrogens (tertiary/aromatic N) is 1. The highest BCUT2D eigenvalue weighted by Gasteiger charge is 2.49. The Balaban J connectivity index is 0.000000595. The molecule has 0 aliphatic carbocycles. The van der Waals surface area contributed by atoms with Gasteiger partial charge in [-0.2, -0.15) is 9.59 Å². The van der Waals surface area contributed by atoms with E-state index in [0.717, 1.165) is 11.1 Å². The summed E-state index contributed by atoms with van der Waals surface area (Å²) < 4.78 is 18.9. The van der Waals surface area contributed by atoms with Crippen LogP contribution in [0.25, 0.3) is 0 Å². The highest BCUT2D eigenvalue weighted by molar-refractivity contribution is 6.34. The third kappa shape index (κ3) is 2.87. The van der Waals surface area contributed by atoms with Crippen molar-refractivity contribution >= 4 is 18.0 Å². The predicted molar refractivity (Wildman–Crippen MR) is 74.2 cm³/mol. The van der Waals surface area contributed by atoms with Crippen LogP contribution in [0.4, 0.5) is 4.39 Å². The molecule has 122 valence electrons. The molecule has 0 bridgehead atoms. The molecule has 2 aliphatic rings. The van der Waals surface area contributed by atoms with Crippen molar-refractivity contribution in [2.75, 3.05) is 0 Å². The lowest BCUT2D eigenvalue weighted by atomic mass is 9.86. The van der Waals surface area contributed by atoms with Gasteiger partial charge in [-0.3, -0.25) is 9.69 Å². The first kappa shape index (κ1) is 16.8. The minimum atomic E-state index is -0.824. The Kier molecular flexibility index (Phi) is 4.61. The summed E-state index contributed by atoms with van der Waals surface area (Å²) in [6.07, 6.45) is 0.0914. The second-order valence-corrected chi connectivity index (χ2v) is 5.87. The molecule has 1 aromatic rings. The minimum absolute atomic E-state index is 0.145. The fraction of sp³-hybridized carbons (Fsp3) is 0.438. The maximum absolute atomic E-state index is 13.7. The van der Waals surface area contributed by atoms with Crippen molar-refractivity contribution in [1.29, 1.82) is 0 Å². The zero-order chi connectivity index (χ0) is 17.3. The van der Waals surface area contributed by atoms with Crippen LogP contribution in [0.1, 0.15) is 36.8 Å². The first-order valence-corrected chi connectivity index (χ1v) is 7.13. The van der Waals surface area contributed by atoms with Crippen LogP contribution < -0.4 is 0 Å². The average Bonchev–Trinajstić information content (AvgIpc) is 2.77. The lowest BCUT2D eigenvalue weighted by Crippen LogP contribution is -2.46. The quantitative estimate of drug-likeness (QED) is 0.578. The van der Waals surface area contributed by atoms with Crippen molar-refractivity contribution in [2.24, 2.45) is 5.92 Å². The van der Waals surface area contributed by atoms with E-state index < -0.39 is 18.1 Å². The highest BCUT2D eigenvalue weighted by atomic mass is 19.1. The number of benzene rings is 1. The summed E-state index contributed by atoms with van der Waals surface area (Å²) in [5.41, 5.74) is 2.03. The van der Waals surface area contributed by atoms with Gasteiger partial charge in [0.2, 0.25) is 6.23 Å². The third-order valence-corrected chi connectivity index (χ3v) is 4.12. The topological polar surface area (TPSA) is 80.8 Å². The van der Waals surface area contributed by atoms with E-state index in [1.54, 1.807) is 13.0 Å². The van der Waals surface area contributed by atoms with Gasteiger partial charge in [-0.15, -0.1) is 0 Å². The van der Waals surface area contributed by atoms with Crippen LogP contribution in [0.3, 0.4) is 0 Å². The van der Waals surface area contributed by atoms with E-state index in [1.807, 2.05) is 13.8 Å². The first-order chi connectivity index (χ1) is 10.8. The van der Waals surface area contributed by atoms with E-state index in [9.17, 15) is 14.0 Å². The number of fused-ring (bicyclic) bond motifs is 3. The van der Waals surface area contributed by atoms with Crippen LogP contribution >= 0.6 is 0 Å². The number of rotatable bonds is 1. The molecule has 2 unspecified atom stereocenters. The number of amides is 1. The first-order valence-electron chi connectivity index (χ1n) is 7.13. The van der Waals surface area contributed by atoms with E-state index in [-0.39, 0.29) is 23.9 Å². The standard InChI is InChI=1S/C15H16FNO3.CO2/c1-7(2)12-6-9-5-11(16)8(3)4-10(9)14-17(12)13(18)15(19)20-14;2-1-3/h4-5,7,12,14H,6H2,1-3H3;. The molecule has 7 heteroatoms. The molecule has 23 heavy (non-hydrogen) atoms. The lowest BCUT2D eigenvalue weighted by Gasteiger charge is -2.39. The normalized spacial score (nSPS) is 21.9. The second-order valence-electron chi connectivity index (χ2n) is 5.87. The number of aryl methyl sites for hydroxylation is 1. The molecule has 6 nitrogen and oxygen atoms in total. The number of halogens is 1. The summed E-state index contributed by atoms with van der Waals surface area (Å²) in [6, 6.07) is 3.02. The Morgan fingerprint density at radius 2 is 1.91 bits per heavy atom. The molecule has 0 N–H and O–H groups in total. The summed E-state index contributed by atoms with van der Waals surface area (Å²) >= 11 is 0. The van der Waals surface area contributed by atoms with Crippen molar-refractivity contribution < 1.29 is 28.3 Å². The molecule has 0 aromatic heterocycles. The Bertz CT molecular complexity index is 694. The number of hydrogen-bond donors (Lipinski definition) is 0. The molecular formula is C16H16FNO5. The fourth-order valence-corrected chi connectivity index (χ4v) is 2.99. The smallest absolute Gasteiger partial charge is 0.399 e. The Labute approximate surface area is 132 Å². The Morgan fingerprint density at radius 1 is 1.30 bits per heavy atom. The largest absolute Gasteiger partial charge is 0.430 e. The van der Waals surface area contributed by atoms with Crippen LogP contribution in [0.15, 0.2) is 12.1 Å². The number of ether oxygens (including phenoxy) is 1. The SMILES string of the molecule is Cc1cc2c(cc1F)CC(C(C)C)N1C(=O)C(=O)OC21.O=C=O. The number of carbonyl (C=O) groups is 2. The van der Waals surface area contributed by atoms with Gasteiger partial charge in [0.15, 0.2) is 0 Å². The van der Waals surface area contributed by atoms with Crippen molar-refractivity contribution in [3.63, 3.8) is 0 Å². The highest BCUT2D eigenvalue weighted by Crippen LogP contribution is 2.40. The molecule has 0 radical (unpaired) electrons. The van der Waals surface area contributed by atoms with Crippen molar-refractivity contribution in [1.82, 2.24) is 4.90 Å². The van der Waals surface area contributed by atoms with E-state index in [1.165, 1.54) is 11.0 Å². The zero-order valence-electron chi connectivity index (χ0n) is 13.0. The average molecular weight is 321 g/mol. The molecular weight excluding hydrogens is 305 g/mol. The number of esters is 1. The van der Waals surface area contributed by atoms with Gasteiger partial charge in [0, 0.05) is 11.6 Å². The second kappa shape index (κ2) is 6.30. The van der Waals surface area contributed by atoms with Gasteiger partial charge >= 0.3 is 18.0 Å². The summed E-state index contributed by atoms with van der Waals surface area (Å²) in [6.45, 7) is 5.62. The van der Waals surface area contributed by atoms with Gasteiger partial charge < -0.3 is 4.74 Å². The molecule has 2 heterocycles. The number of carbonyl (C=O) groups excluding carboxylic acids is 4. The van der Waals surface area contributed by atoms with Crippen molar-refractivity contribution in [3.05, 3.63) is 34.6 Å². The lowest BCUT2D eigenvalue weighted by molar-refractivity contribution is -0.191. The summed E-state index contributed by atoms with van der Waals surface area (Å²) in [5.74, 6) is -1.53. The molecule has 1 aromatic carbocycles. The molecule has 3 rings (SSSR count). The molecule has 1 fully saturated rings. The van der Waals surface area contributed by atoms with Crippen LogP contribution in [0.2, 0.25) is 0 Å². The monoisotopic (exact) mass is 321 g/mol. The maximum atomic E-state index is 13.7. The van der Waals surface area contributed by atoms with Crippen LogP contribution in [-0.2, 0) is 30.3 Å². The van der Waals surface area contributed by atoms with Gasteiger partial charge in [-0.25, -0.2) is 9.18 Å². The zero-order valence-corrected chi connectivity index (χ0v) is 13.0. The van der Waals surface area contributed by atoms with E-state index in [4.69, 9.17) is 14.3 Å². The molecule has 0 spiro atoms. The summed E-state index contributed by atoms with van der Waals surface area (Å²) in [7, 11) is 0. The maximum Gasteiger partial charge on any atom is 0.399 e. The van der Waals surface area contributed by atoms with Gasteiger partial charge in [-0.05, 0) is 42.5 Å². The van der Waals surface area contributed by atoms with Crippen LogP contribution in [0.5, 0.6) is 0 Å². The number of hydrogen-bond acceptors (Lipinski definition) is 5. The van der Waals surface area contributed by atoms with Gasteiger partial charge in [0.1, 0.15) is 5.82 Å². The van der Waals surface area contributed by atoms with Gasteiger partial charge in [0.05, 0.1) is 0 Å². The van der Waals surface area contributed by atoms with Gasteiger partial charge in [-0.1, -0.05) is 13.8 Å². The fourth-order valence-electron chi connectivity index (χ4n) is 2.99. The summed E-state index contributed by atoms with van der Waals surface area (Å²) in [4.78, 5) is 41.3. The van der Waals surface area contributed by atoms with Crippen molar-refractivity contribution in [3.8, 4) is 0 Å². The predicted octanol–water partition coefficient (Wildman–Crippen LogP) is 1.52. The minimum Gasteiger partial charge on any atom is -0.430 e. The van der Waals surface area contributed by atoms with E-state index >= 15 is 0 Å². The van der Waals surface area contributed by atoms with Crippen molar-refractivity contribution in [2.45, 2.75) is 39.5 Å². The van der Waals surface area contributed by atoms with E-state index in [2.05, 4.69) is 0 Å². The van der Waals surface area contributed by atoms with Gasteiger partial charge in [0.25, 0.3) is 0 Å². The Hall–Kier alpha value is -2.53. The van der Waals surface area contributed by atoms with Crippen LogP contribution in [0, 0.1) is 18.7 Å². The molecule has 2 atom stereocenters. The molecule has 1 saturated heterocycles.